The van der Waals surface area contributed by atoms with Crippen LogP contribution in [0.25, 0.3) is 0 Å². The predicted octanol–water partition coefficient (Wildman–Crippen LogP) is 2.18. The summed E-state index contributed by atoms with van der Waals surface area (Å²) in [7, 11) is -3.54. The third-order valence-electron chi connectivity index (χ3n) is 3.78. The molecule has 5 nitrogen and oxygen atoms in total. The first-order chi connectivity index (χ1) is 9.79. The van der Waals surface area contributed by atoms with Crippen LogP contribution in [0.4, 0.5) is 0 Å². The first-order valence-electron chi connectivity index (χ1n) is 7.09. The quantitative estimate of drug-likeness (QED) is 0.925. The van der Waals surface area contributed by atoms with E-state index in [4.69, 9.17) is 5.11 Å². The first-order valence-corrected chi connectivity index (χ1v) is 8.53. The zero-order chi connectivity index (χ0) is 15.6. The molecule has 1 saturated heterocycles. The molecule has 0 spiro atoms. The van der Waals surface area contributed by atoms with E-state index in [-0.39, 0.29) is 12.3 Å². The van der Waals surface area contributed by atoms with E-state index in [2.05, 4.69) is 0 Å². The Labute approximate surface area is 125 Å². The molecule has 1 heterocycles. The predicted molar refractivity (Wildman–Crippen MR) is 79.7 cm³/mol. The standard InChI is InChI=1S/C15H21NO4S/c1-11-6-12(2)8-14(7-11)21(19,20)16-5-3-4-13(10-16)9-15(17)18/h6-8,13H,3-5,9-10H2,1-2H3,(H,17,18). The molecule has 1 N–H and O–H groups in total. The van der Waals surface area contributed by atoms with Crippen molar-refractivity contribution in [1.82, 2.24) is 4.31 Å². The van der Waals surface area contributed by atoms with Crippen molar-refractivity contribution in [1.29, 1.82) is 0 Å². The van der Waals surface area contributed by atoms with Crippen molar-refractivity contribution in [2.24, 2.45) is 5.92 Å². The number of carboxylic acids is 1. The second-order valence-corrected chi connectivity index (χ2v) is 7.73. The molecule has 0 radical (unpaired) electrons. The molecule has 0 bridgehead atoms. The van der Waals surface area contributed by atoms with Gasteiger partial charge in [0.05, 0.1) is 4.90 Å². The molecule has 2 rings (SSSR count). The summed E-state index contributed by atoms with van der Waals surface area (Å²) in [5.74, 6) is -0.970. The average Bonchev–Trinajstić information content (AvgIpc) is 2.37. The fraction of sp³-hybridized carbons (Fsp3) is 0.533. The Balaban J connectivity index is 2.24. The lowest BCUT2D eigenvalue weighted by Crippen LogP contribution is -2.40. The highest BCUT2D eigenvalue weighted by molar-refractivity contribution is 7.89. The number of benzene rings is 1. The summed E-state index contributed by atoms with van der Waals surface area (Å²) in [5, 5.41) is 8.88. The SMILES string of the molecule is Cc1cc(C)cc(S(=O)(=O)N2CCCC(CC(=O)O)C2)c1. The molecule has 6 heteroatoms. The lowest BCUT2D eigenvalue weighted by atomic mass is 9.96. The van der Waals surface area contributed by atoms with Crippen LogP contribution < -0.4 is 0 Å². The van der Waals surface area contributed by atoms with Gasteiger partial charge in [0.1, 0.15) is 0 Å². The van der Waals surface area contributed by atoms with Gasteiger partial charge in [-0.15, -0.1) is 0 Å². The third-order valence-corrected chi connectivity index (χ3v) is 5.62. The molecule has 21 heavy (non-hydrogen) atoms. The zero-order valence-electron chi connectivity index (χ0n) is 12.4. The fourth-order valence-electron chi connectivity index (χ4n) is 2.89. The van der Waals surface area contributed by atoms with Gasteiger partial charge in [0, 0.05) is 19.5 Å². The second-order valence-electron chi connectivity index (χ2n) is 5.79. The van der Waals surface area contributed by atoms with Crippen LogP contribution in [0.3, 0.4) is 0 Å². The molecule has 0 saturated carbocycles. The zero-order valence-corrected chi connectivity index (χ0v) is 13.2. The molecular weight excluding hydrogens is 290 g/mol. The molecule has 1 aliphatic rings. The summed E-state index contributed by atoms with van der Waals surface area (Å²) in [6, 6.07) is 5.27. The van der Waals surface area contributed by atoms with E-state index in [1.54, 1.807) is 12.1 Å². The highest BCUT2D eigenvalue weighted by atomic mass is 32.2. The number of carboxylic acid groups (broad SMARTS) is 1. The normalized spacial score (nSPS) is 20.4. The highest BCUT2D eigenvalue weighted by Crippen LogP contribution is 2.26. The number of aryl methyl sites for hydroxylation is 2. The van der Waals surface area contributed by atoms with E-state index in [9.17, 15) is 13.2 Å². The lowest BCUT2D eigenvalue weighted by Gasteiger charge is -2.31. The van der Waals surface area contributed by atoms with E-state index >= 15 is 0 Å². The van der Waals surface area contributed by atoms with Crippen molar-refractivity contribution >= 4 is 16.0 Å². The van der Waals surface area contributed by atoms with Gasteiger partial charge in [-0.25, -0.2) is 8.42 Å². The summed E-state index contributed by atoms with van der Waals surface area (Å²) >= 11 is 0. The van der Waals surface area contributed by atoms with Crippen LogP contribution in [-0.4, -0.2) is 36.9 Å². The number of hydrogen-bond donors (Lipinski definition) is 1. The minimum atomic E-state index is -3.54. The summed E-state index contributed by atoms with van der Waals surface area (Å²) < 4.78 is 26.8. The summed E-state index contributed by atoms with van der Waals surface area (Å²) in [6.07, 6.45) is 1.51. The number of hydrogen-bond acceptors (Lipinski definition) is 3. The fourth-order valence-corrected chi connectivity index (χ4v) is 4.63. The molecule has 116 valence electrons. The van der Waals surface area contributed by atoms with Gasteiger partial charge in [-0.2, -0.15) is 4.31 Å². The lowest BCUT2D eigenvalue weighted by molar-refractivity contribution is -0.138. The average molecular weight is 311 g/mol. The van der Waals surface area contributed by atoms with Crippen LogP contribution in [-0.2, 0) is 14.8 Å². The number of carbonyl (C=O) groups is 1. The Morgan fingerprint density at radius 2 is 1.90 bits per heavy atom. The number of rotatable bonds is 4. The van der Waals surface area contributed by atoms with Crippen molar-refractivity contribution in [3.63, 3.8) is 0 Å². The van der Waals surface area contributed by atoms with Gasteiger partial charge in [-0.05, 0) is 55.9 Å². The van der Waals surface area contributed by atoms with Gasteiger partial charge in [0.15, 0.2) is 0 Å². The second kappa shape index (κ2) is 6.15. The van der Waals surface area contributed by atoms with E-state index < -0.39 is 16.0 Å². The molecule has 1 atom stereocenters. The van der Waals surface area contributed by atoms with Crippen molar-refractivity contribution in [3.8, 4) is 0 Å². The van der Waals surface area contributed by atoms with Crippen LogP contribution in [0.1, 0.15) is 30.4 Å². The van der Waals surface area contributed by atoms with Gasteiger partial charge < -0.3 is 5.11 Å². The number of sulfonamides is 1. The minimum Gasteiger partial charge on any atom is -0.481 e. The van der Waals surface area contributed by atoms with E-state index in [1.807, 2.05) is 19.9 Å². The third kappa shape index (κ3) is 3.83. The summed E-state index contributed by atoms with van der Waals surface area (Å²) in [5.41, 5.74) is 1.82. The first kappa shape index (κ1) is 16.0. The molecule has 0 aliphatic carbocycles. The number of aliphatic carboxylic acids is 1. The molecule has 1 unspecified atom stereocenters. The Kier molecular flexibility index (Phi) is 4.68. The topological polar surface area (TPSA) is 74.7 Å². The van der Waals surface area contributed by atoms with Crippen LogP contribution >= 0.6 is 0 Å². The molecule has 1 aromatic carbocycles. The Bertz CT molecular complexity index is 619. The van der Waals surface area contributed by atoms with Crippen LogP contribution in [0, 0.1) is 19.8 Å². The minimum absolute atomic E-state index is 0.0267. The van der Waals surface area contributed by atoms with Crippen LogP contribution in [0.5, 0.6) is 0 Å². The maximum Gasteiger partial charge on any atom is 0.303 e. The monoisotopic (exact) mass is 311 g/mol. The molecule has 1 aliphatic heterocycles. The van der Waals surface area contributed by atoms with E-state index in [1.165, 1.54) is 4.31 Å². The van der Waals surface area contributed by atoms with Crippen LogP contribution in [0.2, 0.25) is 0 Å². The van der Waals surface area contributed by atoms with Gasteiger partial charge >= 0.3 is 5.97 Å². The summed E-state index contributed by atoms with van der Waals surface area (Å²) in [6.45, 7) is 4.50. The van der Waals surface area contributed by atoms with E-state index in [0.717, 1.165) is 17.5 Å². The molecular formula is C15H21NO4S. The van der Waals surface area contributed by atoms with Gasteiger partial charge in [-0.1, -0.05) is 6.07 Å². The molecule has 1 fully saturated rings. The van der Waals surface area contributed by atoms with Crippen LogP contribution in [0.15, 0.2) is 23.1 Å². The van der Waals surface area contributed by atoms with Crippen molar-refractivity contribution < 1.29 is 18.3 Å². The smallest absolute Gasteiger partial charge is 0.303 e. The van der Waals surface area contributed by atoms with Gasteiger partial charge in [0.25, 0.3) is 0 Å². The molecule has 0 aromatic heterocycles. The largest absolute Gasteiger partial charge is 0.481 e. The van der Waals surface area contributed by atoms with Crippen molar-refractivity contribution in [3.05, 3.63) is 29.3 Å². The van der Waals surface area contributed by atoms with Gasteiger partial charge in [-0.3, -0.25) is 4.79 Å². The number of nitrogens with zero attached hydrogens (tertiary/aromatic N) is 1. The maximum absolute atomic E-state index is 12.7. The summed E-state index contributed by atoms with van der Waals surface area (Å²) in [4.78, 5) is 11.1. The number of piperidine rings is 1. The van der Waals surface area contributed by atoms with E-state index in [0.29, 0.717) is 24.4 Å². The molecule has 1 aromatic rings. The Morgan fingerprint density at radius 1 is 1.29 bits per heavy atom. The van der Waals surface area contributed by atoms with Gasteiger partial charge in [0.2, 0.25) is 10.0 Å². The maximum atomic E-state index is 12.7. The van der Waals surface area contributed by atoms with Crippen molar-refractivity contribution in [2.75, 3.05) is 13.1 Å². The Hall–Kier alpha value is -1.40. The molecule has 0 amide bonds. The Morgan fingerprint density at radius 3 is 2.48 bits per heavy atom. The highest BCUT2D eigenvalue weighted by Gasteiger charge is 2.31. The van der Waals surface area contributed by atoms with Crippen molar-refractivity contribution in [2.45, 2.75) is 38.0 Å².